The number of amidine groups is 1. The fraction of sp³-hybridized carbons (Fsp3) is 0.154. The maximum Gasteiger partial charge on any atom is 0.407 e. The maximum absolute atomic E-state index is 12.8. The first-order valence-electron chi connectivity index (χ1n) is 10.9. The molecule has 3 aromatic carbocycles. The molecule has 1 aliphatic rings. The Morgan fingerprint density at radius 2 is 1.51 bits per heavy atom. The summed E-state index contributed by atoms with van der Waals surface area (Å²) in [5.41, 5.74) is 16.4. The topological polar surface area (TPSA) is 120 Å². The average molecular weight is 505 g/mol. The summed E-state index contributed by atoms with van der Waals surface area (Å²) in [6.45, 7) is 0.172. The summed E-state index contributed by atoms with van der Waals surface area (Å²) in [6.07, 6.45) is -0.727. The first-order valence-corrected chi connectivity index (χ1v) is 12.2. The molecular weight excluding hydrogens is 480 g/mol. The van der Waals surface area contributed by atoms with Crippen molar-refractivity contribution in [1.29, 1.82) is 0 Å². The molecule has 3 aromatic rings. The summed E-state index contributed by atoms with van der Waals surface area (Å²) in [5, 5.41) is 2.75. The highest BCUT2D eigenvalue weighted by Crippen LogP contribution is 2.44. The Morgan fingerprint density at radius 1 is 0.943 bits per heavy atom. The normalized spacial score (nSPS) is 13.4. The Balaban J connectivity index is 1.45. The van der Waals surface area contributed by atoms with E-state index in [1.165, 1.54) is 0 Å². The molecule has 9 heteroatoms. The number of benzene rings is 3. The quantitative estimate of drug-likeness (QED) is 0.257. The average Bonchev–Trinajstić information content (AvgIpc) is 3.16. The molecule has 0 saturated carbocycles. The van der Waals surface area contributed by atoms with Gasteiger partial charge in [-0.3, -0.25) is 4.79 Å². The van der Waals surface area contributed by atoms with E-state index in [2.05, 4.69) is 34.6 Å². The minimum Gasteiger partial charge on any atom is -0.449 e. The number of carbonyl (C=O) groups is 2. The Bertz CT molecular complexity index is 1230. The molecule has 7 nitrogen and oxygen atoms in total. The van der Waals surface area contributed by atoms with Crippen LogP contribution in [0.2, 0.25) is 0 Å². The standard InChI is InChI=1S/C26H24N4O3S2/c27-24(35-25(28)34)30-23(31)14-22(16-8-2-1-3-9-16)29-26(32)33-15-21-19-12-6-4-10-17(19)18-11-5-7-13-20(18)21/h1-13,21-22H,14-15H2,(H2,28,34)(H,29,32)(H2,27,30,31). The summed E-state index contributed by atoms with van der Waals surface area (Å²) in [6, 6.07) is 24.7. The van der Waals surface area contributed by atoms with Gasteiger partial charge in [-0.1, -0.05) is 91.1 Å². The van der Waals surface area contributed by atoms with E-state index >= 15 is 0 Å². The molecular formula is C26H24N4O3S2. The predicted molar refractivity (Wildman–Crippen MR) is 143 cm³/mol. The molecule has 0 bridgehead atoms. The first kappa shape index (κ1) is 24.4. The van der Waals surface area contributed by atoms with E-state index in [-0.39, 0.29) is 28.4 Å². The first-order chi connectivity index (χ1) is 16.9. The van der Waals surface area contributed by atoms with Gasteiger partial charge in [0.1, 0.15) is 10.9 Å². The van der Waals surface area contributed by atoms with Crippen LogP contribution in [0.15, 0.2) is 83.9 Å². The van der Waals surface area contributed by atoms with Crippen LogP contribution in [-0.2, 0) is 9.53 Å². The lowest BCUT2D eigenvalue weighted by Crippen LogP contribution is -2.31. The second-order valence-corrected chi connectivity index (χ2v) is 9.66. The molecule has 5 N–H and O–H groups in total. The number of amides is 2. The number of thioether (sulfide) groups is 1. The summed E-state index contributed by atoms with van der Waals surface area (Å²) >= 11 is 5.60. The molecule has 0 heterocycles. The smallest absolute Gasteiger partial charge is 0.407 e. The Morgan fingerprint density at radius 3 is 2.11 bits per heavy atom. The number of nitrogens with one attached hydrogen (secondary N) is 1. The van der Waals surface area contributed by atoms with E-state index < -0.39 is 18.0 Å². The second-order valence-electron chi connectivity index (χ2n) is 7.90. The van der Waals surface area contributed by atoms with Crippen LogP contribution in [0.1, 0.15) is 35.1 Å². The summed E-state index contributed by atoms with van der Waals surface area (Å²) < 4.78 is 5.71. The molecule has 0 aliphatic heterocycles. The number of fused-ring (bicyclic) bond motifs is 3. The zero-order chi connectivity index (χ0) is 24.8. The number of nitrogens with two attached hydrogens (primary N) is 2. The molecule has 178 valence electrons. The third-order valence-electron chi connectivity index (χ3n) is 5.66. The molecule has 0 spiro atoms. The number of hydrogen-bond donors (Lipinski definition) is 3. The number of hydrogen-bond acceptors (Lipinski definition) is 5. The van der Waals surface area contributed by atoms with Crippen molar-refractivity contribution in [3.63, 3.8) is 0 Å². The third kappa shape index (κ3) is 6.06. The van der Waals surface area contributed by atoms with Crippen molar-refractivity contribution >= 4 is 45.5 Å². The minimum atomic E-state index is -0.647. The number of thiocarbonyl (C=S) groups is 1. The zero-order valence-electron chi connectivity index (χ0n) is 18.7. The van der Waals surface area contributed by atoms with E-state index in [4.69, 9.17) is 28.4 Å². The zero-order valence-corrected chi connectivity index (χ0v) is 20.4. The Kier molecular flexibility index (Phi) is 7.79. The van der Waals surface area contributed by atoms with E-state index in [0.29, 0.717) is 0 Å². The van der Waals surface area contributed by atoms with Crippen LogP contribution in [0.4, 0.5) is 4.79 Å². The van der Waals surface area contributed by atoms with Gasteiger partial charge in [0.25, 0.3) is 0 Å². The Hall–Kier alpha value is -3.69. The lowest BCUT2D eigenvalue weighted by atomic mass is 9.98. The highest BCUT2D eigenvalue weighted by molar-refractivity contribution is 8.32. The maximum atomic E-state index is 12.8. The molecule has 0 aromatic heterocycles. The molecule has 1 aliphatic carbocycles. The van der Waals surface area contributed by atoms with E-state index in [0.717, 1.165) is 39.6 Å². The van der Waals surface area contributed by atoms with Crippen LogP contribution >= 0.6 is 24.0 Å². The fourth-order valence-electron chi connectivity index (χ4n) is 4.19. The van der Waals surface area contributed by atoms with Crippen molar-refractivity contribution in [3.8, 4) is 11.1 Å². The number of nitrogens with zero attached hydrogens (tertiary/aromatic N) is 1. The summed E-state index contributed by atoms with van der Waals surface area (Å²) in [5.74, 6) is -0.578. The van der Waals surface area contributed by atoms with Crippen molar-refractivity contribution in [2.24, 2.45) is 16.5 Å². The van der Waals surface area contributed by atoms with Crippen LogP contribution in [0.5, 0.6) is 0 Å². The number of ether oxygens (including phenoxy) is 1. The summed E-state index contributed by atoms with van der Waals surface area (Å²) in [7, 11) is 0. The molecule has 0 saturated heterocycles. The van der Waals surface area contributed by atoms with Gasteiger partial charge in [0.05, 0.1) is 12.5 Å². The van der Waals surface area contributed by atoms with Gasteiger partial charge in [-0.25, -0.2) is 4.79 Å². The van der Waals surface area contributed by atoms with Crippen molar-refractivity contribution in [1.82, 2.24) is 5.32 Å². The van der Waals surface area contributed by atoms with Gasteiger partial charge in [-0.2, -0.15) is 4.99 Å². The van der Waals surface area contributed by atoms with E-state index in [9.17, 15) is 9.59 Å². The molecule has 0 fully saturated rings. The molecule has 1 unspecified atom stereocenters. The fourth-order valence-corrected chi connectivity index (χ4v) is 4.80. The number of alkyl carbamates (subject to hydrolysis) is 1. The molecule has 0 radical (unpaired) electrons. The van der Waals surface area contributed by atoms with Crippen molar-refractivity contribution in [2.45, 2.75) is 18.4 Å². The molecule has 1 atom stereocenters. The van der Waals surface area contributed by atoms with E-state index in [1.807, 2.05) is 54.6 Å². The molecule has 35 heavy (non-hydrogen) atoms. The SMILES string of the molecule is NC(=S)SC(N)=NC(=O)CC(NC(=O)OCC1c2ccccc2-c2ccccc21)c1ccccc1. The van der Waals surface area contributed by atoms with Gasteiger partial charge in [0.15, 0.2) is 5.17 Å². The van der Waals surface area contributed by atoms with Gasteiger partial charge < -0.3 is 21.5 Å². The third-order valence-corrected chi connectivity index (χ3v) is 6.41. The Labute approximate surface area is 213 Å². The van der Waals surface area contributed by atoms with Crippen LogP contribution in [0.3, 0.4) is 0 Å². The molecule has 2 amide bonds. The lowest BCUT2D eigenvalue weighted by molar-refractivity contribution is -0.118. The number of carbonyl (C=O) groups excluding carboxylic acids is 2. The van der Waals surface area contributed by atoms with Crippen molar-refractivity contribution < 1.29 is 14.3 Å². The van der Waals surface area contributed by atoms with Gasteiger partial charge in [-0.05, 0) is 39.6 Å². The number of aliphatic imine (C=N–C) groups is 1. The van der Waals surface area contributed by atoms with Crippen LogP contribution in [0, 0.1) is 0 Å². The monoisotopic (exact) mass is 504 g/mol. The highest BCUT2D eigenvalue weighted by atomic mass is 32.2. The van der Waals surface area contributed by atoms with Gasteiger partial charge in [0.2, 0.25) is 5.91 Å². The molecule has 4 rings (SSSR count). The highest BCUT2D eigenvalue weighted by Gasteiger charge is 2.29. The van der Waals surface area contributed by atoms with E-state index in [1.54, 1.807) is 0 Å². The predicted octanol–water partition coefficient (Wildman–Crippen LogP) is 4.47. The van der Waals surface area contributed by atoms with Crippen molar-refractivity contribution in [2.75, 3.05) is 6.61 Å². The lowest BCUT2D eigenvalue weighted by Gasteiger charge is -2.19. The van der Waals surface area contributed by atoms with Crippen LogP contribution in [-0.4, -0.2) is 28.1 Å². The van der Waals surface area contributed by atoms with Gasteiger partial charge in [-0.15, -0.1) is 0 Å². The van der Waals surface area contributed by atoms with Crippen LogP contribution < -0.4 is 16.8 Å². The minimum absolute atomic E-state index is 0.0459. The largest absolute Gasteiger partial charge is 0.449 e. The van der Waals surface area contributed by atoms with Gasteiger partial charge >= 0.3 is 6.09 Å². The summed E-state index contributed by atoms with van der Waals surface area (Å²) in [4.78, 5) is 29.1. The van der Waals surface area contributed by atoms with Crippen molar-refractivity contribution in [3.05, 3.63) is 95.6 Å². The second kappa shape index (κ2) is 11.2. The number of rotatable bonds is 6. The van der Waals surface area contributed by atoms with Crippen LogP contribution in [0.25, 0.3) is 11.1 Å². The van der Waals surface area contributed by atoms with Gasteiger partial charge in [0, 0.05) is 5.92 Å².